The maximum Gasteiger partial charge on any atom is 0.306 e. The topological polar surface area (TPSA) is 88.2 Å². The summed E-state index contributed by atoms with van der Waals surface area (Å²) in [6.07, 6.45) is 5.54. The van der Waals surface area contributed by atoms with Gasteiger partial charge in [0, 0.05) is 28.1 Å². The summed E-state index contributed by atoms with van der Waals surface area (Å²) in [4.78, 5) is 17.1. The van der Waals surface area contributed by atoms with Crippen molar-refractivity contribution in [3.8, 4) is 34.0 Å². The number of benzene rings is 3. The molecular weight excluding hydrogens is 518 g/mol. The molecule has 3 aromatic carbocycles. The zero-order valence-electron chi connectivity index (χ0n) is 21.3. The van der Waals surface area contributed by atoms with Gasteiger partial charge in [-0.15, -0.1) is 24.2 Å². The summed E-state index contributed by atoms with van der Waals surface area (Å²) in [5.74, 6) is 0.230. The average molecular weight is 548 g/mol. The molecule has 1 aromatic heterocycles. The summed E-state index contributed by atoms with van der Waals surface area (Å²) in [6, 6.07) is 21.7. The second-order valence-electron chi connectivity index (χ2n) is 10.0. The molecule has 2 aliphatic rings. The third-order valence-corrected chi connectivity index (χ3v) is 8.50. The van der Waals surface area contributed by atoms with Crippen LogP contribution in [0.4, 0.5) is 0 Å². The molecule has 6 nitrogen and oxygen atoms in total. The van der Waals surface area contributed by atoms with E-state index in [1.165, 1.54) is 27.1 Å². The minimum Gasteiger partial charge on any atom is -0.481 e. The number of hydrogen-bond acceptors (Lipinski definition) is 6. The fourth-order valence-electron chi connectivity index (χ4n) is 5.59. The van der Waals surface area contributed by atoms with Crippen LogP contribution >= 0.6 is 24.2 Å². The third kappa shape index (κ3) is 4.98. The average Bonchev–Trinajstić information content (AvgIpc) is 3.53. The van der Waals surface area contributed by atoms with Crippen molar-refractivity contribution in [1.29, 1.82) is 0 Å². The Morgan fingerprint density at radius 3 is 2.61 bits per heavy atom. The lowest BCUT2D eigenvalue weighted by atomic mass is 9.80. The van der Waals surface area contributed by atoms with Crippen molar-refractivity contribution in [2.45, 2.75) is 49.6 Å². The molecule has 2 aliphatic carbocycles. The van der Waals surface area contributed by atoms with E-state index in [2.05, 4.69) is 78.3 Å². The Morgan fingerprint density at radius 1 is 1.05 bits per heavy atom. The highest BCUT2D eigenvalue weighted by atomic mass is 35.5. The highest BCUT2D eigenvalue weighted by Gasteiger charge is 2.36. The maximum absolute atomic E-state index is 11.1. The minimum atomic E-state index is -0.680. The van der Waals surface area contributed by atoms with Gasteiger partial charge in [-0.1, -0.05) is 41.6 Å². The monoisotopic (exact) mass is 547 g/mol. The number of fused-ring (bicyclic) bond motifs is 1. The van der Waals surface area contributed by atoms with Crippen molar-refractivity contribution < 1.29 is 14.4 Å². The summed E-state index contributed by atoms with van der Waals surface area (Å²) < 4.78 is 5.67. The number of halogens is 1. The number of thioether (sulfide) groups is 1. The summed E-state index contributed by atoms with van der Waals surface area (Å²) in [6.45, 7) is 2.11. The van der Waals surface area contributed by atoms with Gasteiger partial charge in [-0.05, 0) is 90.9 Å². The molecule has 0 bridgehead atoms. The van der Waals surface area contributed by atoms with E-state index in [0.29, 0.717) is 17.8 Å². The molecular formula is C30H30ClN3O3S. The van der Waals surface area contributed by atoms with Crippen molar-refractivity contribution in [1.82, 2.24) is 15.5 Å². The Balaban J connectivity index is 0.00000294. The van der Waals surface area contributed by atoms with E-state index in [1.54, 1.807) is 11.8 Å². The largest absolute Gasteiger partial charge is 0.481 e. The van der Waals surface area contributed by atoms with Crippen LogP contribution < -0.4 is 5.32 Å². The Bertz CT molecular complexity index is 1480. The number of carboxylic acids is 1. The molecule has 1 saturated carbocycles. The summed E-state index contributed by atoms with van der Waals surface area (Å²) in [5.41, 5.74) is 8.05. The number of nitrogens with zero attached hydrogens (tertiary/aromatic N) is 2. The number of carboxylic acid groups (broad SMARTS) is 1. The number of nitrogens with one attached hydrogen (secondary N) is 1. The standard InChI is InChI=1S/C30H29N3O3S.ClH/c1-17-13-20(8-10-23(17)25-5-3-4-6-27(25)37-2)29-32-28(33-36-29)19-7-11-24-18(14-19)9-12-26(24)31-22-15-21(16-22)30(34)35;/h3-8,10-11,13-14,21-22,26,31H,9,12,15-16H2,1-2H3,(H,34,35);1H. The van der Waals surface area contributed by atoms with Crippen LogP contribution in [0, 0.1) is 12.8 Å². The molecule has 1 fully saturated rings. The Labute approximate surface area is 232 Å². The fraction of sp³-hybridized carbons (Fsp3) is 0.300. The minimum absolute atomic E-state index is 0. The zero-order chi connectivity index (χ0) is 25.5. The van der Waals surface area contributed by atoms with Crippen LogP contribution in [0.25, 0.3) is 34.0 Å². The number of rotatable bonds is 7. The van der Waals surface area contributed by atoms with E-state index in [1.807, 2.05) is 6.07 Å². The van der Waals surface area contributed by atoms with Gasteiger partial charge in [-0.2, -0.15) is 4.98 Å². The quantitative estimate of drug-likeness (QED) is 0.242. The van der Waals surface area contributed by atoms with Crippen LogP contribution in [-0.2, 0) is 11.2 Å². The Hall–Kier alpha value is -3.13. The number of aryl methyl sites for hydroxylation is 2. The molecule has 1 atom stereocenters. The number of aromatic nitrogens is 2. The molecule has 1 heterocycles. The second kappa shape index (κ2) is 10.9. The van der Waals surface area contributed by atoms with Gasteiger partial charge < -0.3 is 14.9 Å². The van der Waals surface area contributed by atoms with E-state index in [9.17, 15) is 4.79 Å². The number of carbonyl (C=O) groups is 1. The molecule has 0 amide bonds. The predicted molar refractivity (Wildman–Crippen MR) is 153 cm³/mol. The third-order valence-electron chi connectivity index (χ3n) is 7.70. The summed E-state index contributed by atoms with van der Waals surface area (Å²) in [5, 5.41) is 17.1. The lowest BCUT2D eigenvalue weighted by molar-refractivity contribution is -0.145. The molecule has 0 radical (unpaired) electrons. The van der Waals surface area contributed by atoms with Crippen molar-refractivity contribution >= 4 is 30.1 Å². The SMILES string of the molecule is CSc1ccccc1-c1ccc(-c2nc(-c3ccc4c(c3)CCC4NC3CC(C(=O)O)C3)no2)cc1C.Cl. The van der Waals surface area contributed by atoms with Crippen molar-refractivity contribution in [2.24, 2.45) is 5.92 Å². The number of hydrogen-bond donors (Lipinski definition) is 2. The molecule has 38 heavy (non-hydrogen) atoms. The molecule has 2 N–H and O–H groups in total. The van der Waals surface area contributed by atoms with Crippen molar-refractivity contribution in [3.63, 3.8) is 0 Å². The first-order valence-corrected chi connectivity index (χ1v) is 13.9. The van der Waals surface area contributed by atoms with Gasteiger partial charge in [0.05, 0.1) is 5.92 Å². The Kier molecular flexibility index (Phi) is 7.61. The molecule has 6 rings (SSSR count). The summed E-state index contributed by atoms with van der Waals surface area (Å²) >= 11 is 1.75. The zero-order valence-corrected chi connectivity index (χ0v) is 22.9. The smallest absolute Gasteiger partial charge is 0.306 e. The molecule has 4 aromatic rings. The van der Waals surface area contributed by atoms with Crippen LogP contribution in [0.1, 0.15) is 42.0 Å². The van der Waals surface area contributed by atoms with E-state index in [-0.39, 0.29) is 24.4 Å². The van der Waals surface area contributed by atoms with Gasteiger partial charge in [0.15, 0.2) is 0 Å². The van der Waals surface area contributed by atoms with Gasteiger partial charge in [0.25, 0.3) is 5.89 Å². The second-order valence-corrected chi connectivity index (χ2v) is 10.9. The van der Waals surface area contributed by atoms with Gasteiger partial charge in [-0.25, -0.2) is 0 Å². The van der Waals surface area contributed by atoms with Crippen LogP contribution in [0.15, 0.2) is 70.1 Å². The molecule has 196 valence electrons. The predicted octanol–water partition coefficient (Wildman–Crippen LogP) is 6.96. The van der Waals surface area contributed by atoms with Crippen LogP contribution in [-0.4, -0.2) is 33.5 Å². The van der Waals surface area contributed by atoms with Gasteiger partial charge in [0.1, 0.15) is 0 Å². The highest BCUT2D eigenvalue weighted by molar-refractivity contribution is 7.98. The maximum atomic E-state index is 11.1. The van der Waals surface area contributed by atoms with Crippen molar-refractivity contribution in [3.05, 3.63) is 77.4 Å². The van der Waals surface area contributed by atoms with Gasteiger partial charge >= 0.3 is 5.97 Å². The highest BCUT2D eigenvalue weighted by Crippen LogP contribution is 2.38. The lowest BCUT2D eigenvalue weighted by Gasteiger charge is -2.35. The fourth-order valence-corrected chi connectivity index (χ4v) is 6.21. The van der Waals surface area contributed by atoms with Crippen LogP contribution in [0.2, 0.25) is 0 Å². The molecule has 0 spiro atoms. The van der Waals surface area contributed by atoms with E-state index < -0.39 is 5.97 Å². The molecule has 8 heteroatoms. The molecule has 0 saturated heterocycles. The summed E-state index contributed by atoms with van der Waals surface area (Å²) in [7, 11) is 0. The first kappa shape index (κ1) is 26.5. The van der Waals surface area contributed by atoms with Gasteiger partial charge in [0.2, 0.25) is 5.82 Å². The van der Waals surface area contributed by atoms with Crippen LogP contribution in [0.5, 0.6) is 0 Å². The number of aliphatic carboxylic acids is 1. The van der Waals surface area contributed by atoms with E-state index in [0.717, 1.165) is 42.4 Å². The van der Waals surface area contributed by atoms with Crippen molar-refractivity contribution in [2.75, 3.05) is 6.26 Å². The van der Waals surface area contributed by atoms with Gasteiger partial charge in [-0.3, -0.25) is 4.79 Å². The first-order chi connectivity index (χ1) is 18.0. The lowest BCUT2D eigenvalue weighted by Crippen LogP contribution is -2.45. The van der Waals surface area contributed by atoms with E-state index in [4.69, 9.17) is 14.6 Å². The molecule has 0 aliphatic heterocycles. The van der Waals surface area contributed by atoms with E-state index >= 15 is 0 Å². The first-order valence-electron chi connectivity index (χ1n) is 12.7. The van der Waals surface area contributed by atoms with Crippen LogP contribution in [0.3, 0.4) is 0 Å². The Morgan fingerprint density at radius 2 is 1.84 bits per heavy atom. The normalized spacial score (nSPS) is 19.9. The molecule has 1 unspecified atom stereocenters.